The van der Waals surface area contributed by atoms with Crippen LogP contribution in [-0.4, -0.2) is 18.2 Å². The van der Waals surface area contributed by atoms with Gasteiger partial charge in [0.1, 0.15) is 0 Å². The SMILES string of the molecule is CC(C)c1ccc2c(CCC/C=N\NC(=O)Nc3ccccc3)cc(C(=O)[O-])c-2cc1. The summed E-state index contributed by atoms with van der Waals surface area (Å²) in [6.07, 6.45) is 3.77. The fourth-order valence-electron chi connectivity index (χ4n) is 3.43. The molecule has 0 saturated carbocycles. The van der Waals surface area contributed by atoms with Gasteiger partial charge < -0.3 is 15.2 Å². The van der Waals surface area contributed by atoms with E-state index in [9.17, 15) is 14.7 Å². The first-order valence-corrected chi connectivity index (χ1v) is 10.4. The average Bonchev–Trinajstić information content (AvgIpc) is 2.93. The number of unbranched alkanes of at least 4 members (excludes halogenated alkanes) is 1. The Hall–Kier alpha value is -3.67. The zero-order chi connectivity index (χ0) is 22.2. The van der Waals surface area contributed by atoms with Crippen molar-refractivity contribution in [3.05, 3.63) is 77.4 Å². The topological polar surface area (TPSA) is 93.6 Å². The Morgan fingerprint density at radius 2 is 1.74 bits per heavy atom. The molecule has 0 fully saturated rings. The largest absolute Gasteiger partial charge is 0.545 e. The zero-order valence-corrected chi connectivity index (χ0v) is 17.7. The number of urea groups is 1. The summed E-state index contributed by atoms with van der Waals surface area (Å²) in [5.41, 5.74) is 7.11. The lowest BCUT2D eigenvalue weighted by atomic mass is 10.0. The first-order chi connectivity index (χ1) is 15.0. The molecule has 6 heteroatoms. The molecule has 0 unspecified atom stereocenters. The molecule has 2 amide bonds. The van der Waals surface area contributed by atoms with Crippen LogP contribution in [-0.2, 0) is 6.42 Å². The number of hydrogen-bond donors (Lipinski definition) is 2. The van der Waals surface area contributed by atoms with E-state index in [2.05, 4.69) is 29.7 Å². The van der Waals surface area contributed by atoms with Gasteiger partial charge in [-0.3, -0.25) is 0 Å². The maximum Gasteiger partial charge on any atom is 0.339 e. The molecule has 160 valence electrons. The van der Waals surface area contributed by atoms with Gasteiger partial charge in [-0.1, -0.05) is 56.3 Å². The molecule has 0 spiro atoms. The van der Waals surface area contributed by atoms with Crippen LogP contribution in [0.4, 0.5) is 10.5 Å². The van der Waals surface area contributed by atoms with E-state index in [0.717, 1.165) is 23.1 Å². The number of carbonyl (C=O) groups excluding carboxylic acids is 2. The van der Waals surface area contributed by atoms with Gasteiger partial charge in [0.2, 0.25) is 0 Å². The number of aromatic carboxylic acids is 1. The highest BCUT2D eigenvalue weighted by atomic mass is 16.4. The lowest BCUT2D eigenvalue weighted by Gasteiger charge is -2.03. The van der Waals surface area contributed by atoms with Crippen molar-refractivity contribution in [3.8, 4) is 11.1 Å². The molecule has 0 atom stereocenters. The van der Waals surface area contributed by atoms with Gasteiger partial charge in [0.15, 0.2) is 0 Å². The van der Waals surface area contributed by atoms with Crippen LogP contribution in [0.2, 0.25) is 0 Å². The van der Waals surface area contributed by atoms with E-state index in [1.807, 2.05) is 42.5 Å². The van der Waals surface area contributed by atoms with Gasteiger partial charge in [-0.2, -0.15) is 5.10 Å². The van der Waals surface area contributed by atoms with Gasteiger partial charge >= 0.3 is 6.03 Å². The standard InChI is InChI=1S/C25H27N3O3/c1-17(2)18-11-13-21-19(16-23(24(29)30)22(21)14-12-18)8-6-7-15-26-28-25(31)27-20-9-4-3-5-10-20/h3-5,9-17H,6-8H2,1-2H3,(H,29,30)(H2,27,28,31)/p-1/b26-15-. The molecular weight excluding hydrogens is 390 g/mol. The van der Waals surface area contributed by atoms with Crippen LogP contribution in [0.3, 0.4) is 0 Å². The minimum atomic E-state index is -1.16. The van der Waals surface area contributed by atoms with E-state index in [1.54, 1.807) is 24.4 Å². The summed E-state index contributed by atoms with van der Waals surface area (Å²) in [5, 5.41) is 18.2. The first-order valence-electron chi connectivity index (χ1n) is 10.4. The molecule has 0 heterocycles. The Morgan fingerprint density at radius 1 is 1.03 bits per heavy atom. The highest BCUT2D eigenvalue weighted by Crippen LogP contribution is 2.33. The van der Waals surface area contributed by atoms with Crippen molar-refractivity contribution in [1.82, 2.24) is 5.43 Å². The molecule has 1 aromatic carbocycles. The molecule has 2 aliphatic rings. The Morgan fingerprint density at radius 3 is 2.42 bits per heavy atom. The molecule has 0 aromatic heterocycles. The van der Waals surface area contributed by atoms with Crippen LogP contribution in [0.1, 0.15) is 54.1 Å². The third-order valence-corrected chi connectivity index (χ3v) is 5.08. The molecule has 0 aliphatic heterocycles. The molecule has 0 saturated heterocycles. The number of nitrogens with zero attached hydrogens (tertiary/aromatic N) is 1. The van der Waals surface area contributed by atoms with Gasteiger partial charge in [-0.25, -0.2) is 10.2 Å². The fraction of sp³-hybridized carbons (Fsp3) is 0.240. The van der Waals surface area contributed by atoms with Crippen LogP contribution >= 0.6 is 0 Å². The van der Waals surface area contributed by atoms with Crippen molar-refractivity contribution < 1.29 is 14.7 Å². The summed E-state index contributed by atoms with van der Waals surface area (Å²) in [4.78, 5) is 23.4. The normalized spacial score (nSPS) is 11.2. The summed E-state index contributed by atoms with van der Waals surface area (Å²) in [6.45, 7) is 4.21. The molecular formula is C25H26N3O3-. The molecule has 1 aromatic rings. The number of nitrogens with one attached hydrogen (secondary N) is 2. The minimum Gasteiger partial charge on any atom is -0.545 e. The van der Waals surface area contributed by atoms with Gasteiger partial charge in [0.05, 0.1) is 5.97 Å². The molecule has 6 nitrogen and oxygen atoms in total. The molecule has 31 heavy (non-hydrogen) atoms. The molecule has 3 rings (SSSR count). The second-order valence-corrected chi connectivity index (χ2v) is 7.66. The first kappa shape index (κ1) is 22.0. The smallest absolute Gasteiger partial charge is 0.339 e. The maximum atomic E-state index is 11.8. The second kappa shape index (κ2) is 10.4. The van der Waals surface area contributed by atoms with Crippen LogP contribution in [0.5, 0.6) is 0 Å². The lowest BCUT2D eigenvalue weighted by molar-refractivity contribution is -0.254. The Bertz CT molecular complexity index is 1050. The second-order valence-electron chi connectivity index (χ2n) is 7.66. The quantitative estimate of drug-likeness (QED) is 0.324. The number of aryl methyl sites for hydroxylation is 1. The third-order valence-electron chi connectivity index (χ3n) is 5.08. The summed E-state index contributed by atoms with van der Waals surface area (Å²) in [6, 6.07) is 18.3. The van der Waals surface area contributed by atoms with E-state index in [-0.39, 0.29) is 5.56 Å². The summed E-state index contributed by atoms with van der Waals surface area (Å²) in [5.74, 6) is -0.808. The van der Waals surface area contributed by atoms with Gasteiger partial charge in [-0.05, 0) is 65.6 Å². The summed E-state index contributed by atoms with van der Waals surface area (Å²) in [7, 11) is 0. The van der Waals surface area contributed by atoms with Gasteiger partial charge in [0.25, 0.3) is 0 Å². The van der Waals surface area contributed by atoms with E-state index in [4.69, 9.17) is 0 Å². The number of hydrogen-bond acceptors (Lipinski definition) is 4. The summed E-state index contributed by atoms with van der Waals surface area (Å²) < 4.78 is 0. The van der Waals surface area contributed by atoms with Crippen molar-refractivity contribution in [2.45, 2.75) is 39.0 Å². The fourth-order valence-corrected chi connectivity index (χ4v) is 3.43. The van der Waals surface area contributed by atoms with Crippen LogP contribution in [0.15, 0.2) is 65.8 Å². The number of fused-ring (bicyclic) bond motifs is 1. The third kappa shape index (κ3) is 5.92. The number of carboxylic acids is 1. The predicted octanol–water partition coefficient (Wildman–Crippen LogP) is 4.41. The Balaban J connectivity index is 1.57. The van der Waals surface area contributed by atoms with Gasteiger partial charge in [0, 0.05) is 17.5 Å². The highest BCUT2D eigenvalue weighted by Gasteiger charge is 2.15. The number of anilines is 1. The number of carboxylic acid groups (broad SMARTS) is 1. The molecule has 2 aliphatic carbocycles. The van der Waals surface area contributed by atoms with Crippen LogP contribution in [0.25, 0.3) is 11.1 Å². The van der Waals surface area contributed by atoms with Crippen molar-refractivity contribution in [1.29, 1.82) is 0 Å². The predicted molar refractivity (Wildman–Crippen MR) is 122 cm³/mol. The summed E-state index contributed by atoms with van der Waals surface area (Å²) >= 11 is 0. The zero-order valence-electron chi connectivity index (χ0n) is 17.7. The lowest BCUT2D eigenvalue weighted by Crippen LogP contribution is -2.24. The average molecular weight is 417 g/mol. The van der Waals surface area contributed by atoms with Crippen LogP contribution in [0, 0.1) is 0 Å². The van der Waals surface area contributed by atoms with E-state index < -0.39 is 12.0 Å². The van der Waals surface area contributed by atoms with Gasteiger partial charge in [-0.15, -0.1) is 0 Å². The Kier molecular flexibility index (Phi) is 7.38. The highest BCUT2D eigenvalue weighted by molar-refractivity contribution is 5.97. The number of amides is 2. The number of para-hydroxylation sites is 1. The monoisotopic (exact) mass is 416 g/mol. The van der Waals surface area contributed by atoms with Crippen LogP contribution < -0.4 is 15.8 Å². The Labute approximate surface area is 182 Å². The minimum absolute atomic E-state index is 0.226. The number of carbonyl (C=O) groups is 2. The number of hydrazone groups is 1. The van der Waals surface area contributed by atoms with Crippen molar-refractivity contribution in [2.24, 2.45) is 5.10 Å². The number of benzene rings is 1. The van der Waals surface area contributed by atoms with Crippen molar-refractivity contribution in [3.63, 3.8) is 0 Å². The molecule has 0 radical (unpaired) electrons. The van der Waals surface area contributed by atoms with E-state index in [1.165, 1.54) is 0 Å². The van der Waals surface area contributed by atoms with E-state index >= 15 is 0 Å². The molecule has 2 N–H and O–H groups in total. The van der Waals surface area contributed by atoms with Crippen molar-refractivity contribution >= 4 is 23.9 Å². The maximum absolute atomic E-state index is 11.8. The molecule has 0 bridgehead atoms. The number of rotatable bonds is 8. The van der Waals surface area contributed by atoms with Crippen molar-refractivity contribution in [2.75, 3.05) is 5.32 Å². The van der Waals surface area contributed by atoms with E-state index in [0.29, 0.717) is 30.0 Å².